The number of thiazole rings is 1. The van der Waals surface area contributed by atoms with E-state index in [1.807, 2.05) is 29.7 Å². The molecular weight excluding hydrogens is 394 g/mol. The van der Waals surface area contributed by atoms with Crippen LogP contribution >= 0.6 is 34.3 Å². The third-order valence-electron chi connectivity index (χ3n) is 3.66. The second-order valence-electron chi connectivity index (χ2n) is 5.38. The van der Waals surface area contributed by atoms with E-state index in [9.17, 15) is 4.79 Å². The van der Waals surface area contributed by atoms with Crippen LogP contribution in [0.1, 0.15) is 15.4 Å². The summed E-state index contributed by atoms with van der Waals surface area (Å²) in [6.07, 6.45) is 3.67. The van der Waals surface area contributed by atoms with Crippen molar-refractivity contribution < 1.29 is 10.0 Å². The molecule has 3 N–H and O–H groups in total. The number of halogens is 1. The van der Waals surface area contributed by atoms with Gasteiger partial charge >= 0.3 is 0 Å². The molecule has 7 nitrogen and oxygen atoms in total. The van der Waals surface area contributed by atoms with Crippen molar-refractivity contribution in [3.63, 3.8) is 0 Å². The average molecular weight is 406 g/mol. The van der Waals surface area contributed by atoms with E-state index < -0.39 is 5.91 Å². The van der Waals surface area contributed by atoms with Gasteiger partial charge in [0, 0.05) is 23.5 Å². The van der Waals surface area contributed by atoms with Gasteiger partial charge in [-0.25, -0.2) is 15.4 Å². The van der Waals surface area contributed by atoms with Gasteiger partial charge in [-0.15, -0.1) is 11.3 Å². The van der Waals surface area contributed by atoms with Gasteiger partial charge in [0.1, 0.15) is 5.65 Å². The molecule has 0 aliphatic rings. The van der Waals surface area contributed by atoms with Crippen LogP contribution in [0.2, 0.25) is 5.02 Å². The zero-order valence-corrected chi connectivity index (χ0v) is 15.7. The van der Waals surface area contributed by atoms with Crippen molar-refractivity contribution in [2.45, 2.75) is 6.92 Å². The molecule has 0 spiro atoms. The van der Waals surface area contributed by atoms with Gasteiger partial charge in [0.05, 0.1) is 26.1 Å². The van der Waals surface area contributed by atoms with Crippen LogP contribution in [-0.2, 0) is 0 Å². The summed E-state index contributed by atoms with van der Waals surface area (Å²) in [6, 6.07) is 7.03. The Hall–Kier alpha value is -2.46. The van der Waals surface area contributed by atoms with Crippen molar-refractivity contribution in [2.75, 3.05) is 5.32 Å². The lowest BCUT2D eigenvalue weighted by Crippen LogP contribution is -2.16. The molecule has 0 aromatic carbocycles. The Bertz CT molecular complexity index is 1120. The average Bonchev–Trinajstić information content (AvgIpc) is 3.32. The van der Waals surface area contributed by atoms with Crippen LogP contribution in [0.3, 0.4) is 0 Å². The van der Waals surface area contributed by atoms with E-state index in [-0.39, 0.29) is 0 Å². The highest BCUT2D eigenvalue weighted by Crippen LogP contribution is 2.34. The fourth-order valence-electron chi connectivity index (χ4n) is 2.56. The summed E-state index contributed by atoms with van der Waals surface area (Å²) in [4.78, 5) is 21.7. The fraction of sp³-hybridized carbons (Fsp3) is 0.0625. The fourth-order valence-corrected chi connectivity index (χ4v) is 4.50. The van der Waals surface area contributed by atoms with Gasteiger partial charge < -0.3 is 5.32 Å². The minimum absolute atomic E-state index is 0.404. The number of aryl methyl sites for hydroxylation is 1. The molecule has 0 bridgehead atoms. The van der Waals surface area contributed by atoms with Crippen LogP contribution < -0.4 is 10.8 Å². The molecule has 1 amide bonds. The summed E-state index contributed by atoms with van der Waals surface area (Å²) < 4.78 is 1.98. The third kappa shape index (κ3) is 3.06. The minimum atomic E-state index is -0.539. The second kappa shape index (κ2) is 6.69. The summed E-state index contributed by atoms with van der Waals surface area (Å²) in [5, 5.41) is 14.0. The molecule has 0 atom stereocenters. The minimum Gasteiger partial charge on any atom is -0.323 e. The smallest absolute Gasteiger partial charge is 0.284 e. The first-order chi connectivity index (χ1) is 12.5. The molecule has 0 radical (unpaired) electrons. The zero-order chi connectivity index (χ0) is 18.3. The predicted molar refractivity (Wildman–Crippen MR) is 103 cm³/mol. The van der Waals surface area contributed by atoms with Gasteiger partial charge in [-0.1, -0.05) is 22.9 Å². The highest BCUT2D eigenvalue weighted by molar-refractivity contribution is 7.20. The molecule has 0 saturated carbocycles. The van der Waals surface area contributed by atoms with Gasteiger partial charge in [-0.3, -0.25) is 14.4 Å². The molecule has 132 valence electrons. The lowest BCUT2D eigenvalue weighted by atomic mass is 10.3. The summed E-state index contributed by atoms with van der Waals surface area (Å²) >= 11 is 8.75. The van der Waals surface area contributed by atoms with Crippen molar-refractivity contribution in [2.24, 2.45) is 0 Å². The molecule has 0 fully saturated rings. The maximum Gasteiger partial charge on any atom is 0.284 e. The molecule has 0 saturated heterocycles. The van der Waals surface area contributed by atoms with Crippen molar-refractivity contribution in [3.8, 4) is 10.6 Å². The van der Waals surface area contributed by atoms with Crippen molar-refractivity contribution in [1.29, 1.82) is 0 Å². The number of nitrogens with one attached hydrogen (secondary N) is 2. The van der Waals surface area contributed by atoms with Crippen molar-refractivity contribution in [1.82, 2.24) is 19.8 Å². The first-order valence-corrected chi connectivity index (χ1v) is 9.48. The van der Waals surface area contributed by atoms with Crippen molar-refractivity contribution in [3.05, 3.63) is 52.3 Å². The number of carbonyl (C=O) groups excluding carboxylic acids is 1. The van der Waals surface area contributed by atoms with E-state index >= 15 is 0 Å². The largest absolute Gasteiger partial charge is 0.323 e. The maximum absolute atomic E-state index is 11.4. The first kappa shape index (κ1) is 17.0. The van der Waals surface area contributed by atoms with Crippen LogP contribution in [0.15, 0.2) is 36.7 Å². The Morgan fingerprint density at radius 3 is 2.96 bits per heavy atom. The highest BCUT2D eigenvalue weighted by atomic mass is 35.5. The Kier molecular flexibility index (Phi) is 4.37. The molecule has 0 aliphatic carbocycles. The number of thiophene rings is 1. The number of hydrogen-bond donors (Lipinski definition) is 3. The summed E-state index contributed by atoms with van der Waals surface area (Å²) in [7, 11) is 0. The summed E-state index contributed by atoms with van der Waals surface area (Å²) in [5.74, 6) is -0.539. The molecule has 10 heteroatoms. The van der Waals surface area contributed by atoms with Crippen LogP contribution in [0.5, 0.6) is 0 Å². The predicted octanol–water partition coefficient (Wildman–Crippen LogP) is 4.34. The zero-order valence-electron chi connectivity index (χ0n) is 13.4. The Labute approximate surface area is 160 Å². The molecule has 26 heavy (non-hydrogen) atoms. The van der Waals surface area contributed by atoms with E-state index in [0.29, 0.717) is 15.0 Å². The summed E-state index contributed by atoms with van der Waals surface area (Å²) in [5.41, 5.74) is 4.26. The second-order valence-corrected chi connectivity index (χ2v) is 7.93. The number of pyridine rings is 1. The topological polar surface area (TPSA) is 91.5 Å². The number of hydrogen-bond acceptors (Lipinski definition) is 7. The monoisotopic (exact) mass is 405 g/mol. The molecule has 0 aliphatic heterocycles. The van der Waals surface area contributed by atoms with Crippen LogP contribution in [-0.4, -0.2) is 25.5 Å². The standard InChI is InChI=1S/C16H12ClN5O2S2/c1-8-14(22-5-4-9(17)6-12(22)19-8)11-7-18-16(26-11)20-13-3-2-10(25-13)15(23)21-24/h2-7,24H,1H3,(H,18,20)(H,21,23). The number of amides is 1. The number of carbonyl (C=O) groups is 1. The van der Waals surface area contributed by atoms with Gasteiger partial charge in [-0.2, -0.15) is 0 Å². The van der Waals surface area contributed by atoms with E-state index in [2.05, 4.69) is 15.3 Å². The van der Waals surface area contributed by atoms with E-state index in [4.69, 9.17) is 16.8 Å². The van der Waals surface area contributed by atoms with Gasteiger partial charge in [-0.05, 0) is 25.1 Å². The Balaban J connectivity index is 1.63. The third-order valence-corrected chi connectivity index (χ3v) is 5.82. The molecule has 4 heterocycles. The van der Waals surface area contributed by atoms with E-state index in [1.54, 1.807) is 23.8 Å². The van der Waals surface area contributed by atoms with E-state index in [0.717, 1.165) is 26.9 Å². The van der Waals surface area contributed by atoms with E-state index in [1.165, 1.54) is 22.7 Å². The SMILES string of the molecule is Cc1nc2cc(Cl)ccn2c1-c1cnc(Nc2ccc(C(=O)NO)s2)s1. The maximum atomic E-state index is 11.4. The molecular formula is C16H12ClN5O2S2. The number of imidazole rings is 1. The first-order valence-electron chi connectivity index (χ1n) is 7.47. The Morgan fingerprint density at radius 2 is 2.15 bits per heavy atom. The number of fused-ring (bicyclic) bond motifs is 1. The number of aromatic nitrogens is 3. The summed E-state index contributed by atoms with van der Waals surface area (Å²) in [6.45, 7) is 1.95. The normalized spacial score (nSPS) is 11.0. The molecule has 4 rings (SSSR count). The van der Waals surface area contributed by atoms with Crippen LogP contribution in [0, 0.1) is 6.92 Å². The van der Waals surface area contributed by atoms with Crippen LogP contribution in [0.25, 0.3) is 16.2 Å². The number of rotatable bonds is 4. The number of hydroxylamine groups is 1. The lowest BCUT2D eigenvalue weighted by Gasteiger charge is -2.00. The quantitative estimate of drug-likeness (QED) is 0.347. The van der Waals surface area contributed by atoms with Gasteiger partial charge in [0.2, 0.25) is 0 Å². The highest BCUT2D eigenvalue weighted by Gasteiger charge is 2.15. The van der Waals surface area contributed by atoms with Crippen LogP contribution in [0.4, 0.5) is 10.1 Å². The van der Waals surface area contributed by atoms with Gasteiger partial charge in [0.25, 0.3) is 5.91 Å². The molecule has 0 unspecified atom stereocenters. The lowest BCUT2D eigenvalue weighted by molar-refractivity contribution is 0.0711. The molecule has 4 aromatic rings. The van der Waals surface area contributed by atoms with Gasteiger partial charge in [0.15, 0.2) is 5.13 Å². The van der Waals surface area contributed by atoms with Crippen molar-refractivity contribution >= 4 is 56.0 Å². The number of nitrogens with zero attached hydrogens (tertiary/aromatic N) is 3. The molecule has 4 aromatic heterocycles. The Morgan fingerprint density at radius 1 is 1.31 bits per heavy atom. The number of anilines is 2.